The molecule has 0 amide bonds. The van der Waals surface area contributed by atoms with E-state index < -0.39 is 0 Å². The van der Waals surface area contributed by atoms with Crippen LogP contribution in [0, 0.1) is 0 Å². The summed E-state index contributed by atoms with van der Waals surface area (Å²) in [5.74, 6) is 0. The Balaban J connectivity index is -0.0000000160. The van der Waals surface area contributed by atoms with Gasteiger partial charge in [0.25, 0.3) is 0 Å². The van der Waals surface area contributed by atoms with Crippen LogP contribution in [0.25, 0.3) is 31.9 Å². The van der Waals surface area contributed by atoms with E-state index in [0.29, 0.717) is 0 Å². The maximum absolute atomic E-state index is 6.75. The predicted molar refractivity (Wildman–Crippen MR) is 20.2 cm³/mol. The zero-order valence-electron chi connectivity index (χ0n) is 4.68. The Bertz CT molecular complexity index is 60.5. The van der Waals surface area contributed by atoms with Crippen LogP contribution in [0.1, 0.15) is 0 Å². The predicted octanol–water partition coefficient (Wildman–Crippen LogP) is -4.26. The van der Waals surface area contributed by atoms with E-state index in [-0.39, 0.29) is 59.1 Å². The normalized spacial score (nSPS) is 2.00. The van der Waals surface area contributed by atoms with Gasteiger partial charge in [-0.05, 0) is 0 Å². The fourth-order valence-electron chi connectivity index (χ4n) is 0. The van der Waals surface area contributed by atoms with Gasteiger partial charge in [-0.25, -0.2) is 0 Å². The maximum Gasteiger partial charge on any atom is 1.00 e. The molecule has 0 aliphatic heterocycles. The first kappa shape index (κ1) is 23.4. The van der Waals surface area contributed by atoms with Gasteiger partial charge in [-0.15, -0.1) is 0 Å². The molecule has 0 heterocycles. The van der Waals surface area contributed by atoms with E-state index in [1.54, 1.807) is 0 Å². The fourth-order valence-corrected chi connectivity index (χ4v) is 0. The Hall–Kier alpha value is 0.620. The number of rotatable bonds is 0. The fraction of sp³-hybridized carbons (Fsp3) is 0. The van der Waals surface area contributed by atoms with Crippen molar-refractivity contribution in [1.82, 2.24) is 0 Å². The second-order valence-corrected chi connectivity index (χ2v) is 0.179. The third kappa shape index (κ3) is 544. The van der Waals surface area contributed by atoms with Crippen LogP contribution in [-0.2, 0) is 0 Å². The Morgan fingerprint density at radius 3 is 0.625 bits per heavy atom. The van der Waals surface area contributed by atoms with Crippen molar-refractivity contribution < 1.29 is 59.1 Å². The van der Waals surface area contributed by atoms with Crippen molar-refractivity contribution in [3.8, 4) is 0 Å². The molecule has 0 atom stereocenters. The second kappa shape index (κ2) is 48.6. The standard InChI is InChI=1S/2N3.2Na/c2*1-3-2;;/q2*-1;2*+1/i2*1+1;;. The Kier molecular flexibility index (Phi) is 143. The summed E-state index contributed by atoms with van der Waals surface area (Å²) in [5, 5.41) is 0. The molecular weight excluding hydrogens is 132 g/mol. The topological polar surface area (TPSA) is 117 Å². The van der Waals surface area contributed by atoms with Crippen LogP contribution in [0.5, 0.6) is 0 Å². The van der Waals surface area contributed by atoms with Gasteiger partial charge in [0, 0.05) is 0 Å². The average Bonchev–Trinajstić information content (AvgIpc) is 1.39. The van der Waals surface area contributed by atoms with Crippen LogP contribution >= 0.6 is 0 Å². The molecule has 0 fully saturated rings. The Labute approximate surface area is 90.1 Å². The SMILES string of the molecule is [N-]=[N+]=[15N-].[N-]=[N+]=[15N-].[Na+].[Na+]. The third-order valence-corrected chi connectivity index (χ3v) is 0. The molecule has 0 saturated heterocycles. The monoisotopic (exact) mass is 132 g/mol. The average molecular weight is 132 g/mol. The van der Waals surface area contributed by atoms with Crippen molar-refractivity contribution in [3.63, 3.8) is 0 Å². The van der Waals surface area contributed by atoms with Gasteiger partial charge in [-0.1, -0.05) is 0 Å². The summed E-state index contributed by atoms with van der Waals surface area (Å²) < 4.78 is 0. The molecule has 8 heavy (non-hydrogen) atoms. The number of hydrogen-bond donors (Lipinski definition) is 0. The molecule has 0 rings (SSSR count). The van der Waals surface area contributed by atoms with Crippen LogP contribution in [0.3, 0.4) is 0 Å². The Morgan fingerprint density at radius 2 is 0.625 bits per heavy atom. The van der Waals surface area contributed by atoms with Crippen LogP contribution < -0.4 is 59.1 Å². The summed E-state index contributed by atoms with van der Waals surface area (Å²) in [5.41, 5.74) is 27.0. The molecule has 0 aromatic heterocycles. The van der Waals surface area contributed by atoms with Gasteiger partial charge in [0.2, 0.25) is 0 Å². The molecule has 6 nitrogen and oxygen atoms in total. The van der Waals surface area contributed by atoms with Crippen molar-refractivity contribution >= 4 is 0 Å². The van der Waals surface area contributed by atoms with Crippen molar-refractivity contribution in [2.75, 3.05) is 0 Å². The minimum Gasteiger partial charge on any atom is -0.373 e. The van der Waals surface area contributed by atoms with E-state index in [1.165, 1.54) is 9.82 Å². The van der Waals surface area contributed by atoms with Crippen molar-refractivity contribution in [2.24, 2.45) is 0 Å². The maximum atomic E-state index is 6.75. The van der Waals surface area contributed by atoms with Gasteiger partial charge >= 0.3 is 59.1 Å². The second-order valence-electron chi connectivity index (χ2n) is 0.179. The molecule has 0 aromatic rings. The molecule has 0 N–H and O–H groups in total. The molecule has 0 unspecified atom stereocenters. The first-order valence-electron chi connectivity index (χ1n) is 0.800. The van der Waals surface area contributed by atoms with Crippen molar-refractivity contribution in [2.45, 2.75) is 0 Å². The zero-order valence-corrected chi connectivity index (χ0v) is 8.68. The summed E-state index contributed by atoms with van der Waals surface area (Å²) >= 11 is 0. The molecule has 0 aromatic carbocycles. The smallest absolute Gasteiger partial charge is 0.373 e. The van der Waals surface area contributed by atoms with Crippen molar-refractivity contribution in [1.29, 1.82) is 0 Å². The van der Waals surface area contributed by atoms with E-state index >= 15 is 0 Å². The molecule has 0 bridgehead atoms. The van der Waals surface area contributed by atoms with Crippen LogP contribution in [0.2, 0.25) is 0 Å². The summed E-state index contributed by atoms with van der Waals surface area (Å²) in [6.45, 7) is 0. The van der Waals surface area contributed by atoms with Gasteiger partial charge in [0.1, 0.15) is 0 Å². The van der Waals surface area contributed by atoms with Crippen molar-refractivity contribution in [3.05, 3.63) is 31.9 Å². The van der Waals surface area contributed by atoms with Crippen LogP contribution in [-0.4, -0.2) is 0 Å². The molecule has 0 aliphatic carbocycles. The van der Waals surface area contributed by atoms with Gasteiger partial charge < -0.3 is 22.1 Å². The first-order chi connectivity index (χ1) is 2.83. The van der Waals surface area contributed by atoms with E-state index in [2.05, 4.69) is 0 Å². The Morgan fingerprint density at radius 1 is 0.625 bits per heavy atom. The third-order valence-electron chi connectivity index (χ3n) is 0. The van der Waals surface area contributed by atoms with Gasteiger partial charge in [-0.2, -0.15) is 0 Å². The van der Waals surface area contributed by atoms with E-state index in [9.17, 15) is 0 Å². The molecule has 0 radical (unpaired) electrons. The minimum absolute atomic E-state index is 0. The van der Waals surface area contributed by atoms with E-state index in [4.69, 9.17) is 22.1 Å². The molecule has 0 spiro atoms. The largest absolute Gasteiger partial charge is 1.00 e. The molecule has 0 saturated carbocycles. The first-order valence-corrected chi connectivity index (χ1v) is 0.800. The van der Waals surface area contributed by atoms with E-state index in [1.807, 2.05) is 0 Å². The summed E-state index contributed by atoms with van der Waals surface area (Å²) in [6.07, 6.45) is 0. The summed E-state index contributed by atoms with van der Waals surface area (Å²) in [7, 11) is 0. The zero-order chi connectivity index (χ0) is 5.41. The molecule has 32 valence electrons. The number of hydrogen-bond acceptors (Lipinski definition) is 0. The van der Waals surface area contributed by atoms with Gasteiger partial charge in [0.15, 0.2) is 0 Å². The minimum atomic E-state index is 0. The summed E-state index contributed by atoms with van der Waals surface area (Å²) in [6, 6.07) is 0. The number of nitrogens with zero attached hydrogens (tertiary/aromatic N) is 6. The molecule has 0 aliphatic rings. The summed E-state index contributed by atoms with van der Waals surface area (Å²) in [4.78, 5) is 3.00. The van der Waals surface area contributed by atoms with Crippen LogP contribution in [0.4, 0.5) is 0 Å². The van der Waals surface area contributed by atoms with E-state index in [0.717, 1.165) is 0 Å². The van der Waals surface area contributed by atoms with Crippen LogP contribution in [0.15, 0.2) is 0 Å². The van der Waals surface area contributed by atoms with Gasteiger partial charge in [-0.3, -0.25) is 9.82 Å². The van der Waals surface area contributed by atoms with Gasteiger partial charge in [0.05, 0.1) is 0 Å². The molecular formula is N6Na2. The molecule has 8 heteroatoms. The quantitative estimate of drug-likeness (QED) is 0.104.